The van der Waals surface area contributed by atoms with Crippen LogP contribution in [0.25, 0.3) is 0 Å². The minimum atomic E-state index is 0. The predicted octanol–water partition coefficient (Wildman–Crippen LogP) is 2.75. The lowest BCUT2D eigenvalue weighted by atomic mass is 10.1. The van der Waals surface area contributed by atoms with E-state index >= 15 is 0 Å². The molecule has 1 heterocycles. The number of hydrogen-bond donors (Lipinski definition) is 1. The van der Waals surface area contributed by atoms with Crippen LogP contribution in [0, 0.1) is 11.3 Å². The lowest BCUT2D eigenvalue weighted by Gasteiger charge is -2.01. The van der Waals surface area contributed by atoms with Crippen molar-refractivity contribution in [1.29, 1.82) is 5.26 Å². The molecule has 0 saturated heterocycles. The van der Waals surface area contributed by atoms with Crippen molar-refractivity contribution in [2.24, 2.45) is 0 Å². The van der Waals surface area contributed by atoms with Gasteiger partial charge in [-0.1, -0.05) is 13.8 Å². The SMILES string of the molecule is CC(C)c1csc(C#N)c1N.Cl. The number of thiophene rings is 1. The summed E-state index contributed by atoms with van der Waals surface area (Å²) >= 11 is 1.42. The van der Waals surface area contributed by atoms with Crippen LogP contribution in [0.1, 0.15) is 30.2 Å². The Morgan fingerprint density at radius 2 is 2.17 bits per heavy atom. The van der Waals surface area contributed by atoms with E-state index in [0.29, 0.717) is 16.5 Å². The summed E-state index contributed by atoms with van der Waals surface area (Å²) in [5.74, 6) is 0.411. The van der Waals surface area contributed by atoms with Gasteiger partial charge in [-0.3, -0.25) is 0 Å². The average Bonchev–Trinajstić information content (AvgIpc) is 2.30. The summed E-state index contributed by atoms with van der Waals surface area (Å²) in [6, 6.07) is 2.06. The van der Waals surface area contributed by atoms with Crippen molar-refractivity contribution in [2.45, 2.75) is 19.8 Å². The molecule has 1 rings (SSSR count). The molecule has 0 aliphatic carbocycles. The fourth-order valence-corrected chi connectivity index (χ4v) is 1.86. The van der Waals surface area contributed by atoms with E-state index in [1.54, 1.807) is 0 Å². The molecule has 1 aromatic heterocycles. The minimum absolute atomic E-state index is 0. The molecule has 0 aliphatic heterocycles. The molecular weight excluding hydrogens is 192 g/mol. The van der Waals surface area contributed by atoms with Crippen LogP contribution >= 0.6 is 23.7 Å². The molecule has 1 aromatic rings. The largest absolute Gasteiger partial charge is 0.397 e. The highest BCUT2D eigenvalue weighted by molar-refractivity contribution is 7.11. The molecule has 0 spiro atoms. The summed E-state index contributed by atoms with van der Waals surface area (Å²) in [7, 11) is 0. The van der Waals surface area contributed by atoms with Crippen molar-refractivity contribution >= 4 is 29.4 Å². The first-order chi connectivity index (χ1) is 5.16. The molecule has 0 aromatic carbocycles. The van der Waals surface area contributed by atoms with Crippen LogP contribution in [0.5, 0.6) is 0 Å². The summed E-state index contributed by atoms with van der Waals surface area (Å²) in [6.45, 7) is 4.14. The quantitative estimate of drug-likeness (QED) is 0.762. The minimum Gasteiger partial charge on any atom is -0.397 e. The third kappa shape index (κ3) is 1.90. The van der Waals surface area contributed by atoms with Gasteiger partial charge in [-0.15, -0.1) is 23.7 Å². The Hall–Kier alpha value is -0.720. The van der Waals surface area contributed by atoms with E-state index in [9.17, 15) is 0 Å². The van der Waals surface area contributed by atoms with E-state index in [4.69, 9.17) is 11.0 Å². The van der Waals surface area contributed by atoms with Crippen LogP contribution < -0.4 is 5.73 Å². The maximum Gasteiger partial charge on any atom is 0.128 e. The van der Waals surface area contributed by atoms with Crippen LogP contribution in [-0.4, -0.2) is 0 Å². The van der Waals surface area contributed by atoms with Crippen LogP contribution in [0.2, 0.25) is 0 Å². The summed E-state index contributed by atoms with van der Waals surface area (Å²) in [5.41, 5.74) is 7.45. The molecule has 12 heavy (non-hydrogen) atoms. The van der Waals surface area contributed by atoms with E-state index in [2.05, 4.69) is 19.9 Å². The molecule has 0 radical (unpaired) electrons. The van der Waals surface area contributed by atoms with Gasteiger partial charge in [0.1, 0.15) is 10.9 Å². The zero-order valence-corrected chi connectivity index (χ0v) is 8.63. The molecule has 2 N–H and O–H groups in total. The van der Waals surface area contributed by atoms with Crippen molar-refractivity contribution < 1.29 is 0 Å². The number of nitrogen functional groups attached to an aromatic ring is 1. The highest BCUT2D eigenvalue weighted by atomic mass is 35.5. The summed E-state index contributed by atoms with van der Waals surface area (Å²) < 4.78 is 0. The lowest BCUT2D eigenvalue weighted by molar-refractivity contribution is 0.875. The highest BCUT2D eigenvalue weighted by Crippen LogP contribution is 2.29. The van der Waals surface area contributed by atoms with Crippen molar-refractivity contribution in [2.75, 3.05) is 5.73 Å². The molecule has 4 heteroatoms. The normalized spacial score (nSPS) is 9.17. The second kappa shape index (κ2) is 4.34. The number of nitrogens with zero attached hydrogens (tertiary/aromatic N) is 1. The Morgan fingerprint density at radius 3 is 2.42 bits per heavy atom. The van der Waals surface area contributed by atoms with Crippen LogP contribution in [0.15, 0.2) is 5.38 Å². The number of nitriles is 1. The van der Waals surface area contributed by atoms with Gasteiger partial charge in [-0.25, -0.2) is 0 Å². The number of halogens is 1. The zero-order chi connectivity index (χ0) is 8.43. The number of anilines is 1. The van der Waals surface area contributed by atoms with Gasteiger partial charge in [0.25, 0.3) is 0 Å². The number of rotatable bonds is 1. The number of hydrogen-bond acceptors (Lipinski definition) is 3. The lowest BCUT2D eigenvalue weighted by Crippen LogP contribution is -1.92. The maximum atomic E-state index is 8.59. The van der Waals surface area contributed by atoms with Gasteiger partial charge in [0, 0.05) is 0 Å². The van der Waals surface area contributed by atoms with Crippen molar-refractivity contribution in [3.05, 3.63) is 15.8 Å². The Bertz CT molecular complexity index is 298. The second-order valence-corrected chi connectivity index (χ2v) is 3.58. The van der Waals surface area contributed by atoms with Crippen molar-refractivity contribution in [3.8, 4) is 6.07 Å². The Balaban J connectivity index is 0.00000121. The third-order valence-corrected chi connectivity index (χ3v) is 2.50. The molecule has 0 fully saturated rings. The van der Waals surface area contributed by atoms with Gasteiger partial charge in [0.05, 0.1) is 5.69 Å². The Labute approximate surface area is 82.4 Å². The van der Waals surface area contributed by atoms with Crippen LogP contribution in [-0.2, 0) is 0 Å². The van der Waals surface area contributed by atoms with Crippen molar-refractivity contribution in [1.82, 2.24) is 0 Å². The molecule has 0 bridgehead atoms. The monoisotopic (exact) mass is 202 g/mol. The maximum absolute atomic E-state index is 8.59. The molecule has 0 unspecified atom stereocenters. The summed E-state index contributed by atoms with van der Waals surface area (Å²) in [4.78, 5) is 0.633. The average molecular weight is 203 g/mol. The van der Waals surface area contributed by atoms with E-state index in [0.717, 1.165) is 5.56 Å². The van der Waals surface area contributed by atoms with E-state index in [1.165, 1.54) is 11.3 Å². The van der Waals surface area contributed by atoms with Crippen LogP contribution in [0.4, 0.5) is 5.69 Å². The predicted molar refractivity (Wildman–Crippen MR) is 54.8 cm³/mol. The molecule has 0 saturated carbocycles. The fourth-order valence-electron chi connectivity index (χ4n) is 0.914. The van der Waals surface area contributed by atoms with Gasteiger partial charge >= 0.3 is 0 Å². The first-order valence-electron chi connectivity index (χ1n) is 3.43. The first-order valence-corrected chi connectivity index (χ1v) is 4.31. The van der Waals surface area contributed by atoms with E-state index in [1.807, 2.05) is 5.38 Å². The van der Waals surface area contributed by atoms with Gasteiger partial charge in [-0.2, -0.15) is 5.26 Å². The molecule has 0 amide bonds. The molecule has 66 valence electrons. The van der Waals surface area contributed by atoms with Crippen molar-refractivity contribution in [3.63, 3.8) is 0 Å². The van der Waals surface area contributed by atoms with Gasteiger partial charge < -0.3 is 5.73 Å². The highest BCUT2D eigenvalue weighted by Gasteiger charge is 2.09. The van der Waals surface area contributed by atoms with Gasteiger partial charge in [0.15, 0.2) is 0 Å². The van der Waals surface area contributed by atoms with E-state index in [-0.39, 0.29) is 12.4 Å². The Kier molecular flexibility index (Phi) is 4.08. The first kappa shape index (κ1) is 11.3. The Morgan fingerprint density at radius 1 is 1.58 bits per heavy atom. The molecular formula is C8H11ClN2S. The molecule has 0 atom stereocenters. The van der Waals surface area contributed by atoms with Crippen LogP contribution in [0.3, 0.4) is 0 Å². The van der Waals surface area contributed by atoms with Gasteiger partial charge in [-0.05, 0) is 16.9 Å². The summed E-state index contributed by atoms with van der Waals surface area (Å²) in [6.07, 6.45) is 0. The molecule has 2 nitrogen and oxygen atoms in total. The molecule has 0 aliphatic rings. The number of nitrogens with two attached hydrogens (primary N) is 1. The van der Waals surface area contributed by atoms with Gasteiger partial charge in [0.2, 0.25) is 0 Å². The zero-order valence-electron chi connectivity index (χ0n) is 7.00. The van der Waals surface area contributed by atoms with E-state index < -0.39 is 0 Å². The third-order valence-electron chi connectivity index (χ3n) is 1.58. The topological polar surface area (TPSA) is 49.8 Å². The smallest absolute Gasteiger partial charge is 0.128 e. The summed E-state index contributed by atoms with van der Waals surface area (Å²) in [5, 5.41) is 10.6. The second-order valence-electron chi connectivity index (χ2n) is 2.70. The standard InChI is InChI=1S/C8H10N2S.ClH/c1-5(2)6-4-11-7(3-9)8(6)10;/h4-5H,10H2,1-2H3;1H. The fraction of sp³-hybridized carbons (Fsp3) is 0.375.